The third kappa shape index (κ3) is 6.53. The second-order valence-electron chi connectivity index (χ2n) is 6.37. The van der Waals surface area contributed by atoms with Gasteiger partial charge in [-0.2, -0.15) is 16.8 Å². The van der Waals surface area contributed by atoms with Crippen LogP contribution in [0.4, 0.5) is 0 Å². The molecule has 0 amide bonds. The normalized spacial score (nSPS) is 12.0. The molecular weight excluding hydrogens is 376 g/mol. The molecule has 2 aromatic carbocycles. The second-order valence-corrected chi connectivity index (χ2v) is 9.18. The van der Waals surface area contributed by atoms with Crippen molar-refractivity contribution in [3.8, 4) is 0 Å². The molecule has 6 nitrogen and oxygen atoms in total. The summed E-state index contributed by atoms with van der Waals surface area (Å²) >= 11 is 0. The SMILES string of the molecule is CC(C)c1ccc(S(=O)(=O)O)cc1.CC(C)c1ccccc1S(=O)(=O)O. The molecule has 0 saturated carbocycles. The molecule has 0 fully saturated rings. The lowest BCUT2D eigenvalue weighted by Crippen LogP contribution is -2.03. The largest absolute Gasteiger partial charge is 0.294 e. The van der Waals surface area contributed by atoms with Crippen LogP contribution in [0.15, 0.2) is 58.3 Å². The monoisotopic (exact) mass is 400 g/mol. The van der Waals surface area contributed by atoms with E-state index < -0.39 is 20.2 Å². The van der Waals surface area contributed by atoms with Crippen molar-refractivity contribution in [2.24, 2.45) is 0 Å². The fraction of sp³-hybridized carbons (Fsp3) is 0.333. The lowest BCUT2D eigenvalue weighted by Gasteiger charge is -2.09. The Morgan fingerprint density at radius 2 is 1.19 bits per heavy atom. The summed E-state index contributed by atoms with van der Waals surface area (Å²) in [5.41, 5.74) is 1.69. The Labute approximate surface area is 155 Å². The number of benzene rings is 2. The number of rotatable bonds is 4. The van der Waals surface area contributed by atoms with Crippen molar-refractivity contribution in [1.29, 1.82) is 0 Å². The molecule has 2 rings (SSSR count). The van der Waals surface area contributed by atoms with Crippen LogP contribution < -0.4 is 0 Å². The van der Waals surface area contributed by atoms with Crippen molar-refractivity contribution >= 4 is 20.2 Å². The molecule has 0 unspecified atom stereocenters. The smallest absolute Gasteiger partial charge is 0.282 e. The minimum Gasteiger partial charge on any atom is -0.282 e. The van der Waals surface area contributed by atoms with Gasteiger partial charge in [0, 0.05) is 0 Å². The second kappa shape index (κ2) is 8.77. The summed E-state index contributed by atoms with van der Waals surface area (Å²) in [6.07, 6.45) is 0. The predicted octanol–water partition coefficient (Wildman–Crippen LogP) is 4.11. The van der Waals surface area contributed by atoms with Crippen LogP contribution in [0.3, 0.4) is 0 Å². The van der Waals surface area contributed by atoms with Crippen molar-refractivity contribution in [3.05, 3.63) is 59.7 Å². The van der Waals surface area contributed by atoms with Gasteiger partial charge < -0.3 is 0 Å². The predicted molar refractivity (Wildman–Crippen MR) is 101 cm³/mol. The fourth-order valence-corrected chi connectivity index (χ4v) is 3.55. The molecule has 0 heterocycles. The van der Waals surface area contributed by atoms with Gasteiger partial charge in [-0.15, -0.1) is 0 Å². The van der Waals surface area contributed by atoms with Crippen LogP contribution >= 0.6 is 0 Å². The summed E-state index contributed by atoms with van der Waals surface area (Å²) in [5, 5.41) is 0. The molecule has 0 radical (unpaired) electrons. The van der Waals surface area contributed by atoms with Crippen molar-refractivity contribution in [3.63, 3.8) is 0 Å². The van der Waals surface area contributed by atoms with Gasteiger partial charge in [0.05, 0.1) is 9.79 Å². The van der Waals surface area contributed by atoms with Crippen LogP contribution in [-0.2, 0) is 20.2 Å². The summed E-state index contributed by atoms with van der Waals surface area (Å²) in [7, 11) is -8.12. The van der Waals surface area contributed by atoms with E-state index in [9.17, 15) is 16.8 Å². The molecule has 2 N–H and O–H groups in total. The van der Waals surface area contributed by atoms with E-state index in [0.717, 1.165) is 5.56 Å². The Morgan fingerprint density at radius 3 is 1.54 bits per heavy atom. The molecule has 0 atom stereocenters. The van der Waals surface area contributed by atoms with Gasteiger partial charge in [0.1, 0.15) is 0 Å². The third-order valence-corrected chi connectivity index (χ3v) is 5.46. The van der Waals surface area contributed by atoms with Gasteiger partial charge in [-0.25, -0.2) is 0 Å². The zero-order chi connectivity index (χ0) is 20.1. The van der Waals surface area contributed by atoms with Crippen molar-refractivity contribution in [1.82, 2.24) is 0 Å². The first-order chi connectivity index (χ1) is 11.8. The van der Waals surface area contributed by atoms with Crippen LogP contribution in [-0.4, -0.2) is 25.9 Å². The number of hydrogen-bond donors (Lipinski definition) is 2. The Bertz CT molecular complexity index is 928. The summed E-state index contributed by atoms with van der Waals surface area (Å²) in [6.45, 7) is 7.79. The maximum atomic E-state index is 10.9. The summed E-state index contributed by atoms with van der Waals surface area (Å²) < 4.78 is 60.7. The van der Waals surface area contributed by atoms with E-state index in [2.05, 4.69) is 0 Å². The van der Waals surface area contributed by atoms with E-state index in [4.69, 9.17) is 9.11 Å². The van der Waals surface area contributed by atoms with Crippen LogP contribution in [0.5, 0.6) is 0 Å². The topological polar surface area (TPSA) is 109 Å². The highest BCUT2D eigenvalue weighted by atomic mass is 32.2. The zero-order valence-electron chi connectivity index (χ0n) is 15.1. The first-order valence-corrected chi connectivity index (χ1v) is 10.9. The average Bonchev–Trinajstić information content (AvgIpc) is 2.54. The lowest BCUT2D eigenvalue weighted by atomic mass is 10.0. The first kappa shape index (κ1) is 22.3. The van der Waals surface area contributed by atoms with Gasteiger partial charge in [-0.1, -0.05) is 58.0 Å². The van der Waals surface area contributed by atoms with Crippen LogP contribution in [0.25, 0.3) is 0 Å². The van der Waals surface area contributed by atoms with E-state index in [-0.39, 0.29) is 15.7 Å². The molecule has 8 heteroatoms. The van der Waals surface area contributed by atoms with Gasteiger partial charge in [-0.05, 0) is 41.2 Å². The Hall–Kier alpha value is -1.74. The van der Waals surface area contributed by atoms with Crippen LogP contribution in [0.2, 0.25) is 0 Å². The standard InChI is InChI=1S/2C9H12O3S/c1-7(2)8-3-5-9(6-4-8)13(10,11)12;1-7(2)8-5-3-4-6-9(8)13(10,11)12/h2*3-7H,1-2H3,(H,10,11,12). The van der Waals surface area contributed by atoms with Gasteiger partial charge >= 0.3 is 0 Å². The molecule has 144 valence electrons. The Balaban J connectivity index is 0.000000260. The summed E-state index contributed by atoms with van der Waals surface area (Å²) in [6, 6.07) is 12.7. The Kier molecular flexibility index (Phi) is 7.52. The van der Waals surface area contributed by atoms with Crippen LogP contribution in [0, 0.1) is 0 Å². The third-order valence-electron chi connectivity index (χ3n) is 3.66. The van der Waals surface area contributed by atoms with Gasteiger partial charge in [-0.3, -0.25) is 9.11 Å². The average molecular weight is 401 g/mol. The molecule has 0 saturated heterocycles. The van der Waals surface area contributed by atoms with E-state index in [1.54, 1.807) is 30.3 Å². The molecule has 0 aliphatic rings. The molecule has 0 aromatic heterocycles. The molecular formula is C18H24O6S2. The van der Waals surface area contributed by atoms with Gasteiger partial charge in [0.2, 0.25) is 0 Å². The van der Waals surface area contributed by atoms with Crippen molar-refractivity contribution in [2.75, 3.05) is 0 Å². The molecule has 0 aliphatic carbocycles. The molecule has 0 bridgehead atoms. The lowest BCUT2D eigenvalue weighted by molar-refractivity contribution is 0.480. The highest BCUT2D eigenvalue weighted by Gasteiger charge is 2.15. The van der Waals surface area contributed by atoms with E-state index in [0.29, 0.717) is 11.5 Å². The summed E-state index contributed by atoms with van der Waals surface area (Å²) in [5.74, 6) is 0.438. The van der Waals surface area contributed by atoms with E-state index in [1.807, 2.05) is 27.7 Å². The van der Waals surface area contributed by atoms with E-state index in [1.165, 1.54) is 18.2 Å². The van der Waals surface area contributed by atoms with Crippen molar-refractivity contribution in [2.45, 2.75) is 49.3 Å². The maximum Gasteiger partial charge on any atom is 0.294 e. The minimum absolute atomic E-state index is 0.00463. The van der Waals surface area contributed by atoms with Crippen molar-refractivity contribution < 1.29 is 25.9 Å². The van der Waals surface area contributed by atoms with E-state index >= 15 is 0 Å². The maximum absolute atomic E-state index is 10.9. The zero-order valence-corrected chi connectivity index (χ0v) is 16.8. The quantitative estimate of drug-likeness (QED) is 0.748. The van der Waals surface area contributed by atoms with Gasteiger partial charge in [0.15, 0.2) is 0 Å². The van der Waals surface area contributed by atoms with Gasteiger partial charge in [0.25, 0.3) is 20.2 Å². The highest BCUT2D eigenvalue weighted by molar-refractivity contribution is 7.86. The molecule has 26 heavy (non-hydrogen) atoms. The number of hydrogen-bond acceptors (Lipinski definition) is 4. The highest BCUT2D eigenvalue weighted by Crippen LogP contribution is 2.22. The first-order valence-electron chi connectivity index (χ1n) is 7.98. The minimum atomic E-state index is -4.08. The fourth-order valence-electron chi connectivity index (χ4n) is 2.22. The summed E-state index contributed by atoms with van der Waals surface area (Å²) in [4.78, 5) is -0.0538. The molecule has 2 aromatic rings. The Morgan fingerprint density at radius 1 is 0.692 bits per heavy atom. The van der Waals surface area contributed by atoms with Crippen LogP contribution in [0.1, 0.15) is 50.7 Å². The molecule has 0 spiro atoms. The molecule has 0 aliphatic heterocycles.